The van der Waals surface area contributed by atoms with Crippen molar-refractivity contribution in [2.45, 2.75) is 44.6 Å². The van der Waals surface area contributed by atoms with Gasteiger partial charge in [-0.25, -0.2) is 4.39 Å². The van der Waals surface area contributed by atoms with E-state index in [-0.39, 0.29) is 35.5 Å². The van der Waals surface area contributed by atoms with Gasteiger partial charge in [-0.3, -0.25) is 4.79 Å². The summed E-state index contributed by atoms with van der Waals surface area (Å²) < 4.78 is 35.9. The van der Waals surface area contributed by atoms with E-state index in [2.05, 4.69) is 12.1 Å². The minimum Gasteiger partial charge on any atom is -0.497 e. The summed E-state index contributed by atoms with van der Waals surface area (Å²) in [4.78, 5) is 12.1. The van der Waals surface area contributed by atoms with Crippen molar-refractivity contribution in [3.8, 4) is 17.2 Å². The fourth-order valence-corrected chi connectivity index (χ4v) is 4.57. The highest BCUT2D eigenvalue weighted by Gasteiger charge is 2.39. The van der Waals surface area contributed by atoms with Gasteiger partial charge in [0.25, 0.3) is 0 Å². The summed E-state index contributed by atoms with van der Waals surface area (Å²) in [5, 5.41) is 0. The van der Waals surface area contributed by atoms with E-state index < -0.39 is 0 Å². The molecule has 2 aromatic carbocycles. The number of carbonyl (C=O) groups excluding carboxylic acids is 1. The summed E-state index contributed by atoms with van der Waals surface area (Å²) in [6, 6.07) is 12.6. The first-order valence-electron chi connectivity index (χ1n) is 11.3. The van der Waals surface area contributed by atoms with Gasteiger partial charge >= 0.3 is 5.97 Å². The second-order valence-corrected chi connectivity index (χ2v) is 8.93. The second-order valence-electron chi connectivity index (χ2n) is 8.93. The number of rotatable bonds is 10. The SMILES string of the molecule is COC(=O)[C@@H](C)[C@H](c1cccc(OCC2CC(Oc3cc(OC)ccc3F)C2)c1)C1CC1. The molecule has 2 aliphatic rings. The molecule has 32 heavy (non-hydrogen) atoms. The monoisotopic (exact) mass is 442 g/mol. The molecule has 0 bridgehead atoms. The van der Waals surface area contributed by atoms with E-state index in [9.17, 15) is 9.18 Å². The van der Waals surface area contributed by atoms with Crippen molar-refractivity contribution < 1.29 is 28.1 Å². The molecule has 0 unspecified atom stereocenters. The lowest BCUT2D eigenvalue weighted by molar-refractivity contribution is -0.145. The predicted molar refractivity (Wildman–Crippen MR) is 119 cm³/mol. The third-order valence-electron chi connectivity index (χ3n) is 6.59. The molecule has 4 rings (SSSR count). The van der Waals surface area contributed by atoms with Gasteiger partial charge in [0.1, 0.15) is 11.5 Å². The smallest absolute Gasteiger partial charge is 0.309 e. The first kappa shape index (κ1) is 22.4. The third-order valence-corrected chi connectivity index (χ3v) is 6.59. The number of benzene rings is 2. The minimum absolute atomic E-state index is 0.0170. The Morgan fingerprint density at radius 3 is 2.56 bits per heavy atom. The summed E-state index contributed by atoms with van der Waals surface area (Å²) >= 11 is 0. The highest BCUT2D eigenvalue weighted by molar-refractivity contribution is 5.73. The van der Waals surface area contributed by atoms with Crippen LogP contribution in [0.5, 0.6) is 17.2 Å². The molecule has 2 fully saturated rings. The second kappa shape index (κ2) is 9.80. The lowest BCUT2D eigenvalue weighted by Gasteiger charge is -2.35. The van der Waals surface area contributed by atoms with Crippen molar-refractivity contribution in [3.63, 3.8) is 0 Å². The van der Waals surface area contributed by atoms with E-state index in [4.69, 9.17) is 18.9 Å². The molecule has 0 saturated heterocycles. The molecule has 6 heteroatoms. The van der Waals surface area contributed by atoms with Gasteiger partial charge in [0.2, 0.25) is 0 Å². The molecule has 0 aliphatic heterocycles. The molecule has 0 radical (unpaired) electrons. The van der Waals surface area contributed by atoms with Crippen LogP contribution in [-0.2, 0) is 9.53 Å². The Morgan fingerprint density at radius 1 is 1.09 bits per heavy atom. The molecular weight excluding hydrogens is 411 g/mol. The van der Waals surface area contributed by atoms with Crippen LogP contribution in [0.2, 0.25) is 0 Å². The van der Waals surface area contributed by atoms with Crippen molar-refractivity contribution in [3.05, 3.63) is 53.8 Å². The van der Waals surface area contributed by atoms with E-state index in [1.807, 2.05) is 19.1 Å². The van der Waals surface area contributed by atoms with Gasteiger partial charge < -0.3 is 18.9 Å². The number of carbonyl (C=O) groups is 1. The highest BCUT2D eigenvalue weighted by Crippen LogP contribution is 2.47. The zero-order chi connectivity index (χ0) is 22.7. The van der Waals surface area contributed by atoms with Gasteiger partial charge in [-0.15, -0.1) is 0 Å². The lowest BCUT2D eigenvalue weighted by Crippen LogP contribution is -2.37. The van der Waals surface area contributed by atoms with Gasteiger partial charge in [0.05, 0.1) is 32.8 Å². The third kappa shape index (κ3) is 5.17. The van der Waals surface area contributed by atoms with Gasteiger partial charge in [0.15, 0.2) is 11.6 Å². The molecule has 0 aromatic heterocycles. The van der Waals surface area contributed by atoms with E-state index >= 15 is 0 Å². The zero-order valence-corrected chi connectivity index (χ0v) is 18.9. The number of esters is 1. The minimum atomic E-state index is -0.381. The van der Waals surface area contributed by atoms with Crippen LogP contribution in [0.4, 0.5) is 4.39 Å². The standard InChI is InChI=1S/C26H31FO5/c1-16(26(28)30-3)25(18-7-8-18)19-5-4-6-21(13-19)31-15-17-11-22(12-17)32-24-14-20(29-2)9-10-23(24)27/h4-6,9-10,13-14,16-18,22,25H,7-8,11-12,15H2,1-3H3/t16-,17?,22?,25-/m0/s1. The van der Waals surface area contributed by atoms with Gasteiger partial charge in [0, 0.05) is 6.07 Å². The van der Waals surface area contributed by atoms with Crippen molar-refractivity contribution in [1.82, 2.24) is 0 Å². The Bertz CT molecular complexity index is 936. The highest BCUT2D eigenvalue weighted by atomic mass is 19.1. The fraction of sp³-hybridized carbons (Fsp3) is 0.500. The largest absolute Gasteiger partial charge is 0.497 e. The normalized spacial score (nSPS) is 21.8. The molecule has 0 spiro atoms. The van der Waals surface area contributed by atoms with Crippen LogP contribution in [0.15, 0.2) is 42.5 Å². The first-order chi connectivity index (χ1) is 15.5. The summed E-state index contributed by atoms with van der Waals surface area (Å²) in [5.74, 6) is 1.95. The Labute approximate surface area is 188 Å². The zero-order valence-electron chi connectivity index (χ0n) is 18.9. The molecule has 0 heterocycles. The van der Waals surface area contributed by atoms with Gasteiger partial charge in [-0.05, 0) is 73.3 Å². The Kier molecular flexibility index (Phi) is 6.87. The maximum absolute atomic E-state index is 14.0. The number of ether oxygens (including phenoxy) is 4. The first-order valence-corrected chi connectivity index (χ1v) is 11.3. The molecule has 172 valence electrons. The number of halogens is 1. The summed E-state index contributed by atoms with van der Waals surface area (Å²) in [7, 11) is 2.99. The van der Waals surface area contributed by atoms with Crippen LogP contribution >= 0.6 is 0 Å². The molecule has 0 amide bonds. The van der Waals surface area contributed by atoms with E-state index in [0.717, 1.165) is 37.0 Å². The lowest BCUT2D eigenvalue weighted by atomic mass is 9.82. The Morgan fingerprint density at radius 2 is 1.88 bits per heavy atom. The van der Waals surface area contributed by atoms with Gasteiger partial charge in [-0.1, -0.05) is 19.1 Å². The van der Waals surface area contributed by atoms with Crippen LogP contribution in [0.25, 0.3) is 0 Å². The van der Waals surface area contributed by atoms with Crippen LogP contribution in [0, 0.1) is 23.6 Å². The fourth-order valence-electron chi connectivity index (χ4n) is 4.57. The molecule has 2 saturated carbocycles. The van der Waals surface area contributed by atoms with Crippen LogP contribution < -0.4 is 14.2 Å². The van der Waals surface area contributed by atoms with Crippen molar-refractivity contribution >= 4 is 5.97 Å². The molecule has 2 aliphatic carbocycles. The topological polar surface area (TPSA) is 54.0 Å². The van der Waals surface area contributed by atoms with E-state index in [1.54, 1.807) is 19.2 Å². The average Bonchev–Trinajstić information content (AvgIpc) is 3.61. The van der Waals surface area contributed by atoms with E-state index in [0.29, 0.717) is 24.2 Å². The molecule has 2 aromatic rings. The summed E-state index contributed by atoms with van der Waals surface area (Å²) in [6.45, 7) is 2.53. The summed E-state index contributed by atoms with van der Waals surface area (Å²) in [6.07, 6.45) is 3.92. The quantitative estimate of drug-likeness (QED) is 0.463. The predicted octanol–water partition coefficient (Wildman–Crippen LogP) is 5.37. The maximum atomic E-state index is 14.0. The number of hydrogen-bond acceptors (Lipinski definition) is 5. The molecule has 5 nitrogen and oxygen atoms in total. The maximum Gasteiger partial charge on any atom is 0.309 e. The van der Waals surface area contributed by atoms with Crippen LogP contribution in [0.3, 0.4) is 0 Å². The molecule has 2 atom stereocenters. The number of hydrogen-bond donors (Lipinski definition) is 0. The number of methoxy groups -OCH3 is 2. The molecule has 0 N–H and O–H groups in total. The van der Waals surface area contributed by atoms with E-state index in [1.165, 1.54) is 13.2 Å². The van der Waals surface area contributed by atoms with Crippen molar-refractivity contribution in [2.75, 3.05) is 20.8 Å². The van der Waals surface area contributed by atoms with Crippen LogP contribution in [-0.4, -0.2) is 32.9 Å². The molecular formula is C26H31FO5. The van der Waals surface area contributed by atoms with Crippen molar-refractivity contribution in [1.29, 1.82) is 0 Å². The average molecular weight is 443 g/mol. The van der Waals surface area contributed by atoms with Gasteiger partial charge in [-0.2, -0.15) is 0 Å². The summed E-state index contributed by atoms with van der Waals surface area (Å²) in [5.41, 5.74) is 1.13. The van der Waals surface area contributed by atoms with Crippen LogP contribution in [0.1, 0.15) is 44.1 Å². The van der Waals surface area contributed by atoms with Crippen molar-refractivity contribution in [2.24, 2.45) is 17.8 Å². The Hall–Kier alpha value is -2.76. The Balaban J connectivity index is 1.30.